The van der Waals surface area contributed by atoms with Crippen LogP contribution in [-0.2, 0) is 9.53 Å². The average Bonchev–Trinajstić information content (AvgIpc) is 2.57. The molecule has 25 heavy (non-hydrogen) atoms. The number of rotatable bonds is 4. The molecule has 7 nitrogen and oxygen atoms in total. The van der Waals surface area contributed by atoms with Crippen LogP contribution < -0.4 is 16.4 Å². The molecule has 0 heterocycles. The van der Waals surface area contributed by atoms with Crippen molar-refractivity contribution in [3.63, 3.8) is 0 Å². The van der Waals surface area contributed by atoms with E-state index in [2.05, 4.69) is 10.6 Å². The van der Waals surface area contributed by atoms with Gasteiger partial charge in [-0.25, -0.2) is 9.59 Å². The lowest BCUT2D eigenvalue weighted by atomic mass is 9.96. The van der Waals surface area contributed by atoms with Crippen molar-refractivity contribution in [1.29, 1.82) is 0 Å². The van der Waals surface area contributed by atoms with Crippen LogP contribution in [-0.4, -0.2) is 30.1 Å². The van der Waals surface area contributed by atoms with Crippen LogP contribution in [0, 0.1) is 6.92 Å². The van der Waals surface area contributed by atoms with Crippen LogP contribution in [0.25, 0.3) is 0 Å². The Balaban J connectivity index is 1.85. The number of hydrogen-bond donors (Lipinski definition) is 3. The number of anilines is 1. The first-order valence-electron chi connectivity index (χ1n) is 8.56. The summed E-state index contributed by atoms with van der Waals surface area (Å²) >= 11 is 0. The zero-order chi connectivity index (χ0) is 18.4. The molecule has 0 bridgehead atoms. The van der Waals surface area contributed by atoms with E-state index in [9.17, 15) is 14.4 Å². The molecule has 2 rings (SSSR count). The van der Waals surface area contributed by atoms with Gasteiger partial charge in [0.1, 0.15) is 0 Å². The molecule has 0 aromatic heterocycles. The number of nitrogen functional groups attached to an aromatic ring is 1. The summed E-state index contributed by atoms with van der Waals surface area (Å²) in [6.45, 7) is 3.19. The number of benzene rings is 1. The maximum absolute atomic E-state index is 12.2. The minimum Gasteiger partial charge on any atom is -0.449 e. The number of carbonyl (C=O) groups is 3. The van der Waals surface area contributed by atoms with Crippen molar-refractivity contribution in [3.8, 4) is 0 Å². The smallest absolute Gasteiger partial charge is 0.341 e. The van der Waals surface area contributed by atoms with Crippen LogP contribution in [0.4, 0.5) is 10.5 Å². The van der Waals surface area contributed by atoms with E-state index in [0.29, 0.717) is 5.69 Å². The van der Waals surface area contributed by atoms with Gasteiger partial charge in [0.2, 0.25) is 0 Å². The highest BCUT2D eigenvalue weighted by molar-refractivity contribution is 6.00. The zero-order valence-electron chi connectivity index (χ0n) is 14.6. The van der Waals surface area contributed by atoms with Crippen molar-refractivity contribution in [2.75, 3.05) is 5.73 Å². The second-order valence-electron chi connectivity index (χ2n) is 6.38. The van der Waals surface area contributed by atoms with Crippen LogP contribution in [0.15, 0.2) is 18.2 Å². The summed E-state index contributed by atoms with van der Waals surface area (Å²) in [6.07, 6.45) is 4.05. The number of aryl methyl sites for hydroxylation is 1. The summed E-state index contributed by atoms with van der Waals surface area (Å²) in [5.74, 6) is -1.37. The third kappa shape index (κ3) is 5.20. The number of esters is 1. The molecule has 0 radical (unpaired) electrons. The summed E-state index contributed by atoms with van der Waals surface area (Å²) in [7, 11) is 0. The predicted molar refractivity (Wildman–Crippen MR) is 94.0 cm³/mol. The van der Waals surface area contributed by atoms with E-state index in [-0.39, 0.29) is 11.6 Å². The van der Waals surface area contributed by atoms with Gasteiger partial charge in [-0.2, -0.15) is 0 Å². The van der Waals surface area contributed by atoms with Gasteiger partial charge in [-0.15, -0.1) is 0 Å². The van der Waals surface area contributed by atoms with E-state index < -0.39 is 24.0 Å². The number of amides is 3. The minimum atomic E-state index is -1.11. The molecule has 0 spiro atoms. The highest BCUT2D eigenvalue weighted by atomic mass is 16.5. The molecule has 1 aromatic rings. The number of nitrogens with two attached hydrogens (primary N) is 1. The Morgan fingerprint density at radius 2 is 1.88 bits per heavy atom. The van der Waals surface area contributed by atoms with Crippen LogP contribution in [0.2, 0.25) is 0 Å². The summed E-state index contributed by atoms with van der Waals surface area (Å²) in [5.41, 5.74) is 7.12. The third-order valence-electron chi connectivity index (χ3n) is 4.37. The van der Waals surface area contributed by atoms with E-state index in [0.717, 1.165) is 31.2 Å². The first-order valence-corrected chi connectivity index (χ1v) is 8.56. The molecule has 1 saturated carbocycles. The standard InChI is InChI=1S/C18H25N3O4/c1-11-7-6-10-14(15(11)19)17(23)25-12(2)16(22)21-18(24)20-13-8-4-3-5-9-13/h6-7,10,12-13H,3-5,8-9,19H2,1-2H3,(H2,20,21,22,24). The Bertz CT molecular complexity index is 654. The Morgan fingerprint density at radius 1 is 1.20 bits per heavy atom. The molecule has 1 aliphatic carbocycles. The van der Waals surface area contributed by atoms with Gasteiger partial charge in [0.05, 0.1) is 5.56 Å². The van der Waals surface area contributed by atoms with Gasteiger partial charge in [-0.1, -0.05) is 31.4 Å². The van der Waals surface area contributed by atoms with Gasteiger partial charge < -0.3 is 15.8 Å². The molecule has 4 N–H and O–H groups in total. The lowest BCUT2D eigenvalue weighted by Gasteiger charge is -2.23. The predicted octanol–water partition coefficient (Wildman–Crippen LogP) is 2.28. The van der Waals surface area contributed by atoms with Gasteiger partial charge >= 0.3 is 12.0 Å². The van der Waals surface area contributed by atoms with Crippen molar-refractivity contribution in [2.45, 2.75) is 58.1 Å². The fourth-order valence-corrected chi connectivity index (χ4v) is 2.82. The molecule has 1 aromatic carbocycles. The number of hydrogen-bond acceptors (Lipinski definition) is 5. The molecule has 7 heteroatoms. The number of ether oxygens (including phenoxy) is 1. The molecule has 136 valence electrons. The first-order chi connectivity index (χ1) is 11.9. The minimum absolute atomic E-state index is 0.0894. The Morgan fingerprint density at radius 3 is 2.56 bits per heavy atom. The third-order valence-corrected chi connectivity index (χ3v) is 4.37. The largest absolute Gasteiger partial charge is 0.449 e. The molecule has 1 fully saturated rings. The molecule has 1 atom stereocenters. The van der Waals surface area contributed by atoms with Gasteiger partial charge in [0, 0.05) is 11.7 Å². The van der Waals surface area contributed by atoms with E-state index in [1.165, 1.54) is 19.4 Å². The normalized spacial score (nSPS) is 15.9. The summed E-state index contributed by atoms with van der Waals surface area (Å²) < 4.78 is 5.11. The maximum Gasteiger partial charge on any atom is 0.341 e. The summed E-state index contributed by atoms with van der Waals surface area (Å²) in [4.78, 5) is 36.1. The number of para-hydroxylation sites is 1. The summed E-state index contributed by atoms with van der Waals surface area (Å²) in [5, 5.41) is 4.99. The second-order valence-corrected chi connectivity index (χ2v) is 6.38. The molecule has 1 unspecified atom stereocenters. The Hall–Kier alpha value is -2.57. The van der Waals surface area contributed by atoms with Gasteiger partial charge in [0.15, 0.2) is 6.10 Å². The fraction of sp³-hybridized carbons (Fsp3) is 0.500. The number of nitrogens with one attached hydrogen (secondary N) is 2. The first kappa shape index (κ1) is 18.8. The molecule has 1 aliphatic rings. The van der Waals surface area contributed by atoms with Crippen molar-refractivity contribution in [3.05, 3.63) is 29.3 Å². The average molecular weight is 347 g/mol. The van der Waals surface area contributed by atoms with E-state index in [1.54, 1.807) is 19.1 Å². The second kappa shape index (κ2) is 8.50. The van der Waals surface area contributed by atoms with Gasteiger partial charge in [0.25, 0.3) is 5.91 Å². The summed E-state index contributed by atoms with van der Waals surface area (Å²) in [6, 6.07) is 4.52. The monoisotopic (exact) mass is 347 g/mol. The van der Waals surface area contributed by atoms with Crippen molar-refractivity contribution < 1.29 is 19.1 Å². The quantitative estimate of drug-likeness (QED) is 0.572. The van der Waals surface area contributed by atoms with Crippen LogP contribution >= 0.6 is 0 Å². The van der Waals surface area contributed by atoms with Crippen molar-refractivity contribution in [2.24, 2.45) is 0 Å². The molecule has 0 saturated heterocycles. The number of imide groups is 1. The molecule has 0 aliphatic heterocycles. The van der Waals surface area contributed by atoms with Crippen LogP contribution in [0.5, 0.6) is 0 Å². The molecule has 3 amide bonds. The Labute approximate surface area is 147 Å². The van der Waals surface area contributed by atoms with Gasteiger partial charge in [-0.3, -0.25) is 10.1 Å². The lowest BCUT2D eigenvalue weighted by Crippen LogP contribution is -2.48. The van der Waals surface area contributed by atoms with E-state index in [1.807, 2.05) is 0 Å². The van der Waals surface area contributed by atoms with Crippen molar-refractivity contribution in [1.82, 2.24) is 10.6 Å². The number of carbonyl (C=O) groups excluding carboxylic acids is 3. The maximum atomic E-state index is 12.2. The molecular weight excluding hydrogens is 322 g/mol. The van der Waals surface area contributed by atoms with Gasteiger partial charge in [-0.05, 0) is 38.3 Å². The topological polar surface area (TPSA) is 111 Å². The SMILES string of the molecule is Cc1cccc(C(=O)OC(C)C(=O)NC(=O)NC2CCCCC2)c1N. The van der Waals surface area contributed by atoms with Crippen molar-refractivity contribution >= 4 is 23.6 Å². The highest BCUT2D eigenvalue weighted by Gasteiger charge is 2.23. The molecular formula is C18H25N3O4. The van der Waals surface area contributed by atoms with Crippen LogP contribution in [0.3, 0.4) is 0 Å². The lowest BCUT2D eigenvalue weighted by molar-refractivity contribution is -0.127. The zero-order valence-corrected chi connectivity index (χ0v) is 14.6. The van der Waals surface area contributed by atoms with E-state index in [4.69, 9.17) is 10.5 Å². The number of urea groups is 1. The Kier molecular flexibility index (Phi) is 6.38. The highest BCUT2D eigenvalue weighted by Crippen LogP contribution is 2.18. The fourth-order valence-electron chi connectivity index (χ4n) is 2.82. The van der Waals surface area contributed by atoms with Crippen LogP contribution in [0.1, 0.15) is 54.9 Å². The van der Waals surface area contributed by atoms with E-state index >= 15 is 0 Å².